The first-order valence-electron chi connectivity index (χ1n) is 6.14. The van der Waals surface area contributed by atoms with E-state index in [0.717, 1.165) is 13.1 Å². The molecule has 1 saturated heterocycles. The minimum atomic E-state index is -0.525. The maximum atomic E-state index is 13.2. The number of hydrogen-bond donors (Lipinski definition) is 2. The Morgan fingerprint density at radius 3 is 2.71 bits per heavy atom. The van der Waals surface area contributed by atoms with Crippen molar-refractivity contribution in [3.8, 4) is 5.75 Å². The fourth-order valence-electron chi connectivity index (χ4n) is 2.22. The summed E-state index contributed by atoms with van der Waals surface area (Å²) in [5.74, 6) is -0.170. The van der Waals surface area contributed by atoms with Crippen LogP contribution in [0.4, 0.5) is 4.39 Å². The SMILES string of the molecule is O[C@H](COc1ccccc1F)C[NH+]1CCCC1. The minimum absolute atomic E-state index is 0.157. The van der Waals surface area contributed by atoms with Crippen LogP contribution in [0.25, 0.3) is 0 Å². The highest BCUT2D eigenvalue weighted by Gasteiger charge is 2.19. The van der Waals surface area contributed by atoms with Crippen molar-refractivity contribution in [3.05, 3.63) is 30.1 Å². The number of para-hydroxylation sites is 1. The van der Waals surface area contributed by atoms with E-state index in [0.29, 0.717) is 6.54 Å². The van der Waals surface area contributed by atoms with E-state index in [1.54, 1.807) is 18.2 Å². The van der Waals surface area contributed by atoms with Crippen molar-refractivity contribution in [3.63, 3.8) is 0 Å². The zero-order valence-electron chi connectivity index (χ0n) is 9.86. The third-order valence-corrected chi connectivity index (χ3v) is 3.10. The van der Waals surface area contributed by atoms with Crippen molar-refractivity contribution in [2.75, 3.05) is 26.2 Å². The molecule has 1 atom stereocenters. The zero-order chi connectivity index (χ0) is 12.1. The largest absolute Gasteiger partial charge is 0.488 e. The van der Waals surface area contributed by atoms with Gasteiger partial charge < -0.3 is 14.7 Å². The Kier molecular flexibility index (Phi) is 4.34. The van der Waals surface area contributed by atoms with Crippen molar-refractivity contribution in [2.45, 2.75) is 18.9 Å². The molecule has 0 bridgehead atoms. The smallest absolute Gasteiger partial charge is 0.165 e. The van der Waals surface area contributed by atoms with E-state index in [1.807, 2.05) is 0 Å². The van der Waals surface area contributed by atoms with Gasteiger partial charge in [-0.05, 0) is 12.1 Å². The molecule has 1 heterocycles. The Bertz CT molecular complexity index is 353. The second-order valence-electron chi connectivity index (χ2n) is 4.56. The Morgan fingerprint density at radius 2 is 2.00 bits per heavy atom. The summed E-state index contributed by atoms with van der Waals surface area (Å²) in [4.78, 5) is 1.41. The van der Waals surface area contributed by atoms with Crippen LogP contribution in [0, 0.1) is 5.82 Å². The molecule has 0 unspecified atom stereocenters. The molecule has 0 aliphatic carbocycles. The molecular weight excluding hydrogens is 221 g/mol. The molecule has 1 aromatic rings. The summed E-state index contributed by atoms with van der Waals surface area (Å²) in [7, 11) is 0. The van der Waals surface area contributed by atoms with Gasteiger partial charge in [0.2, 0.25) is 0 Å². The van der Waals surface area contributed by atoms with E-state index in [-0.39, 0.29) is 18.2 Å². The summed E-state index contributed by atoms with van der Waals surface area (Å²) in [6.45, 7) is 3.09. The molecule has 1 aliphatic heterocycles. The summed E-state index contributed by atoms with van der Waals surface area (Å²) >= 11 is 0. The maximum absolute atomic E-state index is 13.2. The van der Waals surface area contributed by atoms with Gasteiger partial charge in [0.15, 0.2) is 11.6 Å². The average Bonchev–Trinajstić information content (AvgIpc) is 2.81. The van der Waals surface area contributed by atoms with Crippen LogP contribution < -0.4 is 9.64 Å². The number of benzene rings is 1. The lowest BCUT2D eigenvalue weighted by Crippen LogP contribution is -3.11. The van der Waals surface area contributed by atoms with E-state index in [9.17, 15) is 9.50 Å². The maximum Gasteiger partial charge on any atom is 0.165 e. The van der Waals surface area contributed by atoms with Crippen LogP contribution in [0.5, 0.6) is 5.75 Å². The van der Waals surface area contributed by atoms with Crippen molar-refractivity contribution >= 4 is 0 Å². The van der Waals surface area contributed by atoms with Gasteiger partial charge in [0, 0.05) is 12.8 Å². The monoisotopic (exact) mass is 240 g/mol. The molecule has 2 rings (SSSR count). The standard InChI is InChI=1S/C13H18FNO2/c14-12-5-1-2-6-13(12)17-10-11(16)9-15-7-3-4-8-15/h1-2,5-6,11,16H,3-4,7-10H2/p+1/t11-/m0/s1. The second kappa shape index (κ2) is 5.98. The summed E-state index contributed by atoms with van der Waals surface area (Å²) in [6, 6.07) is 6.27. The van der Waals surface area contributed by atoms with Gasteiger partial charge in [-0.1, -0.05) is 12.1 Å². The summed E-state index contributed by atoms with van der Waals surface area (Å²) < 4.78 is 18.5. The number of rotatable bonds is 5. The van der Waals surface area contributed by atoms with Gasteiger partial charge in [0.25, 0.3) is 0 Å². The molecule has 94 valence electrons. The number of halogens is 1. The molecule has 17 heavy (non-hydrogen) atoms. The third kappa shape index (κ3) is 3.68. The van der Waals surface area contributed by atoms with Crippen LogP contribution in [0.1, 0.15) is 12.8 Å². The molecule has 2 N–H and O–H groups in total. The molecule has 1 aliphatic rings. The predicted molar refractivity (Wildman–Crippen MR) is 62.7 cm³/mol. The lowest BCUT2D eigenvalue weighted by Gasteiger charge is -2.17. The molecule has 0 saturated carbocycles. The number of nitrogens with one attached hydrogen (secondary N) is 1. The molecule has 0 spiro atoms. The first-order chi connectivity index (χ1) is 8.25. The number of hydrogen-bond acceptors (Lipinski definition) is 2. The molecule has 0 radical (unpaired) electrons. The van der Waals surface area contributed by atoms with Gasteiger partial charge in [0.1, 0.15) is 19.3 Å². The lowest BCUT2D eigenvalue weighted by atomic mass is 10.3. The van der Waals surface area contributed by atoms with Gasteiger partial charge >= 0.3 is 0 Å². The molecule has 1 fully saturated rings. The van der Waals surface area contributed by atoms with E-state index < -0.39 is 6.10 Å². The van der Waals surface area contributed by atoms with Crippen LogP contribution in [-0.4, -0.2) is 37.5 Å². The number of likely N-dealkylation sites (tertiary alicyclic amines) is 1. The topological polar surface area (TPSA) is 33.9 Å². The lowest BCUT2D eigenvalue weighted by molar-refractivity contribution is -0.890. The van der Waals surface area contributed by atoms with E-state index in [1.165, 1.54) is 23.8 Å². The average molecular weight is 240 g/mol. The molecular formula is C13H19FNO2+. The van der Waals surface area contributed by atoms with Gasteiger partial charge in [-0.2, -0.15) is 0 Å². The van der Waals surface area contributed by atoms with Gasteiger partial charge in [-0.25, -0.2) is 4.39 Å². The second-order valence-corrected chi connectivity index (χ2v) is 4.56. The fraction of sp³-hybridized carbons (Fsp3) is 0.538. The Morgan fingerprint density at radius 1 is 1.29 bits per heavy atom. The van der Waals surface area contributed by atoms with E-state index in [4.69, 9.17) is 4.74 Å². The molecule has 0 aromatic heterocycles. The Hall–Kier alpha value is -1.13. The molecule has 1 aromatic carbocycles. The van der Waals surface area contributed by atoms with Crippen molar-refractivity contribution in [1.29, 1.82) is 0 Å². The summed E-state index contributed by atoms with van der Waals surface area (Å²) in [6.07, 6.45) is 1.94. The van der Waals surface area contributed by atoms with E-state index >= 15 is 0 Å². The minimum Gasteiger partial charge on any atom is -0.488 e. The first-order valence-corrected chi connectivity index (χ1v) is 6.14. The fourth-order valence-corrected chi connectivity index (χ4v) is 2.22. The van der Waals surface area contributed by atoms with Crippen LogP contribution in [0.15, 0.2) is 24.3 Å². The highest BCUT2D eigenvalue weighted by atomic mass is 19.1. The summed E-state index contributed by atoms with van der Waals surface area (Å²) in [5.41, 5.74) is 0. The molecule has 0 amide bonds. The van der Waals surface area contributed by atoms with Crippen LogP contribution in [0.2, 0.25) is 0 Å². The van der Waals surface area contributed by atoms with Crippen molar-refractivity contribution in [2.24, 2.45) is 0 Å². The number of aliphatic hydroxyl groups is 1. The van der Waals surface area contributed by atoms with Gasteiger partial charge in [-0.3, -0.25) is 0 Å². The van der Waals surface area contributed by atoms with Gasteiger partial charge in [-0.15, -0.1) is 0 Å². The number of aliphatic hydroxyl groups excluding tert-OH is 1. The number of ether oxygens (including phenoxy) is 1. The third-order valence-electron chi connectivity index (χ3n) is 3.10. The van der Waals surface area contributed by atoms with Crippen LogP contribution in [-0.2, 0) is 0 Å². The zero-order valence-corrected chi connectivity index (χ0v) is 9.86. The van der Waals surface area contributed by atoms with E-state index in [2.05, 4.69) is 0 Å². The van der Waals surface area contributed by atoms with Crippen LogP contribution >= 0.6 is 0 Å². The van der Waals surface area contributed by atoms with Gasteiger partial charge in [0.05, 0.1) is 13.1 Å². The molecule has 3 nitrogen and oxygen atoms in total. The highest BCUT2D eigenvalue weighted by Crippen LogP contribution is 2.15. The van der Waals surface area contributed by atoms with Crippen molar-refractivity contribution in [1.82, 2.24) is 0 Å². The summed E-state index contributed by atoms with van der Waals surface area (Å²) in [5, 5.41) is 9.79. The quantitative estimate of drug-likeness (QED) is 0.773. The van der Waals surface area contributed by atoms with Crippen LogP contribution in [0.3, 0.4) is 0 Å². The highest BCUT2D eigenvalue weighted by molar-refractivity contribution is 5.23. The normalized spacial score (nSPS) is 18.2. The Labute approximate surface area is 101 Å². The molecule has 4 heteroatoms. The van der Waals surface area contributed by atoms with Crippen molar-refractivity contribution < 1.29 is 19.1 Å². The first kappa shape index (κ1) is 12.3. The Balaban J connectivity index is 1.75. The number of quaternary nitrogens is 1. The predicted octanol–water partition coefficient (Wildman–Crippen LogP) is 0.244.